The lowest BCUT2D eigenvalue weighted by molar-refractivity contribution is -0.129. The molecule has 0 saturated carbocycles. The zero-order valence-corrected chi connectivity index (χ0v) is 14.9. The van der Waals surface area contributed by atoms with Crippen molar-refractivity contribution in [3.8, 4) is 0 Å². The van der Waals surface area contributed by atoms with Crippen LogP contribution in [0, 0.1) is 0 Å². The molecule has 0 heterocycles. The molecule has 0 atom stereocenters. The number of anilines is 1. The Labute approximate surface area is 139 Å². The standard InChI is InChI=1S/C18H29N3O2/c1-14(2)16-6-8-17(9-7-16)19-18(23)10-11-21(15(3)22)13-12-20(4)5/h6-9,14H,10-13H2,1-5H3,(H,19,23). The number of carbonyl (C=O) groups excluding carboxylic acids is 2. The number of nitrogens with zero attached hydrogens (tertiary/aromatic N) is 2. The summed E-state index contributed by atoms with van der Waals surface area (Å²) < 4.78 is 0. The summed E-state index contributed by atoms with van der Waals surface area (Å²) in [6.45, 7) is 7.68. The van der Waals surface area contributed by atoms with Gasteiger partial charge in [-0.1, -0.05) is 26.0 Å². The molecular weight excluding hydrogens is 290 g/mol. The molecule has 0 aliphatic heterocycles. The van der Waals surface area contributed by atoms with E-state index in [9.17, 15) is 9.59 Å². The Bertz CT molecular complexity index is 510. The lowest BCUT2D eigenvalue weighted by atomic mass is 10.0. The normalized spacial score (nSPS) is 10.9. The quantitative estimate of drug-likeness (QED) is 0.801. The third-order valence-corrected chi connectivity index (χ3v) is 3.73. The first-order valence-corrected chi connectivity index (χ1v) is 8.09. The molecule has 0 fully saturated rings. The summed E-state index contributed by atoms with van der Waals surface area (Å²) in [5, 5.41) is 2.88. The zero-order valence-electron chi connectivity index (χ0n) is 14.9. The van der Waals surface area contributed by atoms with Crippen molar-refractivity contribution in [2.45, 2.75) is 33.1 Å². The number of rotatable bonds is 8. The average Bonchev–Trinajstić information content (AvgIpc) is 2.47. The summed E-state index contributed by atoms with van der Waals surface area (Å²) in [4.78, 5) is 27.4. The van der Waals surface area contributed by atoms with Crippen LogP contribution in [0.5, 0.6) is 0 Å². The first-order valence-electron chi connectivity index (χ1n) is 8.09. The first kappa shape index (κ1) is 19.2. The highest BCUT2D eigenvalue weighted by molar-refractivity contribution is 5.91. The van der Waals surface area contributed by atoms with Gasteiger partial charge < -0.3 is 15.1 Å². The summed E-state index contributed by atoms with van der Waals surface area (Å²) in [5.41, 5.74) is 2.04. The Morgan fingerprint density at radius 3 is 2.13 bits per heavy atom. The molecule has 128 valence electrons. The maximum atomic E-state index is 12.0. The monoisotopic (exact) mass is 319 g/mol. The molecule has 0 unspecified atom stereocenters. The summed E-state index contributed by atoms with van der Waals surface area (Å²) >= 11 is 0. The second-order valence-electron chi connectivity index (χ2n) is 6.38. The van der Waals surface area contributed by atoms with Crippen LogP contribution in [-0.2, 0) is 9.59 Å². The molecule has 2 amide bonds. The maximum Gasteiger partial charge on any atom is 0.226 e. The largest absolute Gasteiger partial charge is 0.341 e. The van der Waals surface area contributed by atoms with Gasteiger partial charge in [0.05, 0.1) is 0 Å². The Morgan fingerprint density at radius 1 is 1.04 bits per heavy atom. The Balaban J connectivity index is 2.47. The van der Waals surface area contributed by atoms with Gasteiger partial charge in [-0.05, 0) is 37.7 Å². The molecule has 23 heavy (non-hydrogen) atoms. The molecule has 5 nitrogen and oxygen atoms in total. The molecule has 1 rings (SSSR count). The van der Waals surface area contributed by atoms with Crippen molar-refractivity contribution in [2.24, 2.45) is 0 Å². The van der Waals surface area contributed by atoms with Crippen molar-refractivity contribution in [1.82, 2.24) is 9.80 Å². The van der Waals surface area contributed by atoms with Crippen LogP contribution < -0.4 is 5.32 Å². The number of carbonyl (C=O) groups is 2. The van der Waals surface area contributed by atoms with E-state index in [1.165, 1.54) is 12.5 Å². The van der Waals surface area contributed by atoms with Gasteiger partial charge in [-0.15, -0.1) is 0 Å². The van der Waals surface area contributed by atoms with Crippen molar-refractivity contribution in [3.05, 3.63) is 29.8 Å². The van der Waals surface area contributed by atoms with E-state index in [-0.39, 0.29) is 11.8 Å². The number of nitrogens with one attached hydrogen (secondary N) is 1. The summed E-state index contributed by atoms with van der Waals surface area (Å²) in [6, 6.07) is 7.89. The molecule has 0 bridgehead atoms. The molecule has 0 radical (unpaired) electrons. The molecule has 0 saturated heterocycles. The minimum absolute atomic E-state index is 0.000867. The molecule has 5 heteroatoms. The maximum absolute atomic E-state index is 12.0. The number of hydrogen-bond donors (Lipinski definition) is 1. The summed E-state index contributed by atoms with van der Waals surface area (Å²) in [6.07, 6.45) is 0.305. The topological polar surface area (TPSA) is 52.7 Å². The fourth-order valence-corrected chi connectivity index (χ4v) is 2.16. The molecule has 0 aromatic heterocycles. The highest BCUT2D eigenvalue weighted by atomic mass is 16.2. The van der Waals surface area contributed by atoms with Crippen LogP contribution >= 0.6 is 0 Å². The smallest absolute Gasteiger partial charge is 0.226 e. The van der Waals surface area contributed by atoms with E-state index in [1.54, 1.807) is 4.90 Å². The van der Waals surface area contributed by atoms with E-state index in [4.69, 9.17) is 0 Å². The van der Waals surface area contributed by atoms with Crippen LogP contribution in [0.25, 0.3) is 0 Å². The highest BCUT2D eigenvalue weighted by Crippen LogP contribution is 2.17. The van der Waals surface area contributed by atoms with Crippen molar-refractivity contribution >= 4 is 17.5 Å². The lowest BCUT2D eigenvalue weighted by Gasteiger charge is -2.22. The van der Waals surface area contributed by atoms with Crippen LogP contribution in [0.1, 0.15) is 38.7 Å². The van der Waals surface area contributed by atoms with Crippen LogP contribution in [-0.4, -0.2) is 55.3 Å². The third kappa shape index (κ3) is 7.28. The molecular formula is C18H29N3O2. The average molecular weight is 319 g/mol. The van der Waals surface area contributed by atoms with Crippen molar-refractivity contribution in [2.75, 3.05) is 39.0 Å². The van der Waals surface area contributed by atoms with Gasteiger partial charge in [0.15, 0.2) is 0 Å². The van der Waals surface area contributed by atoms with Crippen LogP contribution in [0.3, 0.4) is 0 Å². The molecule has 0 aliphatic rings. The van der Waals surface area contributed by atoms with Crippen LogP contribution in [0.15, 0.2) is 24.3 Å². The fraction of sp³-hybridized carbons (Fsp3) is 0.556. The number of hydrogen-bond acceptors (Lipinski definition) is 3. The van der Waals surface area contributed by atoms with Gasteiger partial charge in [-0.25, -0.2) is 0 Å². The fourth-order valence-electron chi connectivity index (χ4n) is 2.16. The minimum Gasteiger partial charge on any atom is -0.341 e. The van der Waals surface area contributed by atoms with Gasteiger partial charge in [-0.3, -0.25) is 9.59 Å². The van der Waals surface area contributed by atoms with Gasteiger partial charge in [0.2, 0.25) is 11.8 Å². The summed E-state index contributed by atoms with van der Waals surface area (Å²) in [7, 11) is 3.93. The predicted molar refractivity (Wildman–Crippen MR) is 94.6 cm³/mol. The predicted octanol–water partition coefficient (Wildman–Crippen LogP) is 2.55. The van der Waals surface area contributed by atoms with Crippen molar-refractivity contribution in [1.29, 1.82) is 0 Å². The van der Waals surface area contributed by atoms with Gasteiger partial charge in [0, 0.05) is 38.7 Å². The number of benzene rings is 1. The van der Waals surface area contributed by atoms with E-state index < -0.39 is 0 Å². The highest BCUT2D eigenvalue weighted by Gasteiger charge is 2.11. The van der Waals surface area contributed by atoms with E-state index in [0.717, 1.165) is 12.2 Å². The van der Waals surface area contributed by atoms with E-state index in [2.05, 4.69) is 19.2 Å². The number of likely N-dealkylation sites (N-methyl/N-ethyl adjacent to an activating group) is 1. The molecule has 0 spiro atoms. The second kappa shape index (κ2) is 9.30. The second-order valence-corrected chi connectivity index (χ2v) is 6.38. The van der Waals surface area contributed by atoms with Crippen LogP contribution in [0.4, 0.5) is 5.69 Å². The van der Waals surface area contributed by atoms with E-state index in [1.807, 2.05) is 43.3 Å². The SMILES string of the molecule is CC(=O)N(CCC(=O)Nc1ccc(C(C)C)cc1)CCN(C)C. The Morgan fingerprint density at radius 2 is 1.65 bits per heavy atom. The molecule has 1 aromatic carbocycles. The zero-order chi connectivity index (χ0) is 17.4. The lowest BCUT2D eigenvalue weighted by Crippen LogP contribution is -2.37. The summed E-state index contributed by atoms with van der Waals surface area (Å²) in [5.74, 6) is 0.403. The van der Waals surface area contributed by atoms with Crippen molar-refractivity contribution < 1.29 is 9.59 Å². The number of amides is 2. The Hall–Kier alpha value is -1.88. The Kier molecular flexibility index (Phi) is 7.75. The van der Waals surface area contributed by atoms with Gasteiger partial charge in [0.1, 0.15) is 0 Å². The van der Waals surface area contributed by atoms with E-state index in [0.29, 0.717) is 25.4 Å². The minimum atomic E-state index is -0.0709. The van der Waals surface area contributed by atoms with Crippen LogP contribution in [0.2, 0.25) is 0 Å². The van der Waals surface area contributed by atoms with Gasteiger partial charge >= 0.3 is 0 Å². The first-order chi connectivity index (χ1) is 10.8. The molecule has 1 N–H and O–H groups in total. The van der Waals surface area contributed by atoms with Crippen molar-refractivity contribution in [3.63, 3.8) is 0 Å². The van der Waals surface area contributed by atoms with E-state index >= 15 is 0 Å². The van der Waals surface area contributed by atoms with Gasteiger partial charge in [0.25, 0.3) is 0 Å². The molecule has 1 aromatic rings. The van der Waals surface area contributed by atoms with Gasteiger partial charge in [-0.2, -0.15) is 0 Å². The third-order valence-electron chi connectivity index (χ3n) is 3.73. The molecule has 0 aliphatic carbocycles.